The molecule has 0 radical (unpaired) electrons. The first-order valence-corrected chi connectivity index (χ1v) is 7.38. The van der Waals surface area contributed by atoms with Gasteiger partial charge in [0.05, 0.1) is 12.2 Å². The van der Waals surface area contributed by atoms with Crippen LogP contribution in [0.2, 0.25) is 0 Å². The first-order valence-electron chi connectivity index (χ1n) is 7.38. The highest BCUT2D eigenvalue weighted by atomic mass is 16.3. The predicted octanol–water partition coefficient (Wildman–Crippen LogP) is 2.31. The number of fused-ring (bicyclic) bond motifs is 1. The fraction of sp³-hybridized carbons (Fsp3) is 0.625. The van der Waals surface area contributed by atoms with Gasteiger partial charge in [0.1, 0.15) is 0 Å². The van der Waals surface area contributed by atoms with Crippen molar-refractivity contribution in [3.05, 3.63) is 29.8 Å². The minimum atomic E-state index is -0.403. The molecule has 1 heterocycles. The van der Waals surface area contributed by atoms with Crippen molar-refractivity contribution in [3.63, 3.8) is 0 Å². The Labute approximate surface area is 114 Å². The van der Waals surface area contributed by atoms with Crippen LogP contribution in [-0.2, 0) is 6.61 Å². The van der Waals surface area contributed by atoms with Gasteiger partial charge in [-0.05, 0) is 37.0 Å². The summed E-state index contributed by atoms with van der Waals surface area (Å²) in [5.41, 5.74) is 1.76. The molecule has 19 heavy (non-hydrogen) atoms. The fourth-order valence-electron chi connectivity index (χ4n) is 3.62. The quantitative estimate of drug-likeness (QED) is 0.858. The van der Waals surface area contributed by atoms with Crippen molar-refractivity contribution < 1.29 is 10.2 Å². The Morgan fingerprint density at radius 1 is 1.16 bits per heavy atom. The molecule has 2 fully saturated rings. The highest BCUT2D eigenvalue weighted by Gasteiger charge is 2.42. The summed E-state index contributed by atoms with van der Waals surface area (Å²) in [6, 6.07) is 8.13. The molecule has 0 aromatic heterocycles. The van der Waals surface area contributed by atoms with Crippen LogP contribution in [0.3, 0.4) is 0 Å². The largest absolute Gasteiger partial charge is 0.392 e. The number of nitrogens with zero attached hydrogens (tertiary/aromatic N) is 1. The normalized spacial score (nSPS) is 31.1. The lowest BCUT2D eigenvalue weighted by Gasteiger charge is -2.48. The number of aliphatic hydroxyl groups excluding tert-OH is 1. The summed E-state index contributed by atoms with van der Waals surface area (Å²) in [6.07, 6.45) is 5.46. The molecule has 3 rings (SSSR count). The molecule has 1 aliphatic carbocycles. The topological polar surface area (TPSA) is 43.7 Å². The van der Waals surface area contributed by atoms with E-state index in [-0.39, 0.29) is 6.61 Å². The second-order valence-electron chi connectivity index (χ2n) is 6.07. The van der Waals surface area contributed by atoms with Crippen molar-refractivity contribution in [1.82, 2.24) is 0 Å². The molecule has 1 aromatic carbocycles. The van der Waals surface area contributed by atoms with Crippen LogP contribution in [0, 0.1) is 5.92 Å². The molecule has 1 aliphatic heterocycles. The van der Waals surface area contributed by atoms with Gasteiger partial charge in [-0.2, -0.15) is 0 Å². The van der Waals surface area contributed by atoms with Crippen molar-refractivity contribution >= 4 is 5.69 Å². The van der Waals surface area contributed by atoms with Crippen molar-refractivity contribution in [2.75, 3.05) is 18.0 Å². The number of hydrogen-bond donors (Lipinski definition) is 2. The highest BCUT2D eigenvalue weighted by molar-refractivity contribution is 5.48. The molecule has 2 N–H and O–H groups in total. The van der Waals surface area contributed by atoms with Gasteiger partial charge in [-0.1, -0.05) is 25.0 Å². The third-order valence-corrected chi connectivity index (χ3v) is 4.91. The second-order valence-corrected chi connectivity index (χ2v) is 6.07. The number of hydrogen-bond acceptors (Lipinski definition) is 3. The Balaban J connectivity index is 1.73. The van der Waals surface area contributed by atoms with Crippen molar-refractivity contribution in [3.8, 4) is 0 Å². The standard InChI is InChI=1S/C16H23NO2/c18-12-13-4-6-15(7-5-13)17-10-9-16(19)8-2-1-3-14(16)11-17/h4-7,14,18-19H,1-3,8-12H2. The average Bonchev–Trinajstić information content (AvgIpc) is 2.46. The van der Waals surface area contributed by atoms with Crippen LogP contribution < -0.4 is 4.90 Å². The fourth-order valence-corrected chi connectivity index (χ4v) is 3.62. The molecule has 2 atom stereocenters. The maximum atomic E-state index is 10.7. The Hall–Kier alpha value is -1.06. The van der Waals surface area contributed by atoms with Gasteiger partial charge in [0.2, 0.25) is 0 Å². The Kier molecular flexibility index (Phi) is 3.50. The van der Waals surface area contributed by atoms with Gasteiger partial charge in [0.25, 0.3) is 0 Å². The van der Waals surface area contributed by atoms with E-state index in [2.05, 4.69) is 17.0 Å². The number of piperidine rings is 1. The maximum absolute atomic E-state index is 10.7. The van der Waals surface area contributed by atoms with Crippen LogP contribution >= 0.6 is 0 Å². The molecule has 2 aliphatic rings. The van der Waals surface area contributed by atoms with E-state index in [0.717, 1.165) is 37.9 Å². The van der Waals surface area contributed by atoms with Crippen molar-refractivity contribution in [2.24, 2.45) is 5.92 Å². The monoisotopic (exact) mass is 261 g/mol. The zero-order valence-corrected chi connectivity index (χ0v) is 11.4. The zero-order chi connectivity index (χ0) is 13.3. The molecule has 104 valence electrons. The molecule has 3 heteroatoms. The van der Waals surface area contributed by atoms with E-state index < -0.39 is 5.60 Å². The van der Waals surface area contributed by atoms with Gasteiger partial charge in [-0.3, -0.25) is 0 Å². The highest BCUT2D eigenvalue weighted by Crippen LogP contribution is 2.40. The first kappa shape index (κ1) is 12.9. The zero-order valence-electron chi connectivity index (χ0n) is 11.4. The van der Waals surface area contributed by atoms with E-state index in [0.29, 0.717) is 5.92 Å². The Morgan fingerprint density at radius 3 is 2.68 bits per heavy atom. The second kappa shape index (κ2) is 5.14. The van der Waals surface area contributed by atoms with E-state index in [1.807, 2.05) is 12.1 Å². The summed E-state index contributed by atoms with van der Waals surface area (Å²) in [6.45, 7) is 2.00. The molecule has 2 unspecified atom stereocenters. The summed E-state index contributed by atoms with van der Waals surface area (Å²) < 4.78 is 0. The number of anilines is 1. The molecular weight excluding hydrogens is 238 g/mol. The lowest BCUT2D eigenvalue weighted by atomic mass is 9.71. The van der Waals surface area contributed by atoms with Crippen LogP contribution in [0.5, 0.6) is 0 Å². The number of aliphatic hydroxyl groups is 2. The summed E-state index contributed by atoms with van der Waals surface area (Å²) >= 11 is 0. The van der Waals surface area contributed by atoms with Gasteiger partial charge in [0.15, 0.2) is 0 Å². The molecule has 0 bridgehead atoms. The lowest BCUT2D eigenvalue weighted by molar-refractivity contribution is -0.0612. The van der Waals surface area contributed by atoms with Crippen molar-refractivity contribution in [2.45, 2.75) is 44.3 Å². The van der Waals surface area contributed by atoms with Crippen LogP contribution in [0.4, 0.5) is 5.69 Å². The van der Waals surface area contributed by atoms with E-state index >= 15 is 0 Å². The van der Waals surface area contributed by atoms with E-state index in [9.17, 15) is 5.11 Å². The molecular formula is C16H23NO2. The number of rotatable bonds is 2. The minimum absolute atomic E-state index is 0.0999. The van der Waals surface area contributed by atoms with Gasteiger partial charge in [0, 0.05) is 24.7 Å². The molecule has 0 amide bonds. The van der Waals surface area contributed by atoms with Gasteiger partial charge >= 0.3 is 0 Å². The Bertz CT molecular complexity index is 431. The molecule has 1 saturated carbocycles. The maximum Gasteiger partial charge on any atom is 0.0709 e. The molecule has 3 nitrogen and oxygen atoms in total. The van der Waals surface area contributed by atoms with Crippen LogP contribution in [0.1, 0.15) is 37.7 Å². The smallest absolute Gasteiger partial charge is 0.0709 e. The summed E-state index contributed by atoms with van der Waals surface area (Å²) in [5, 5.41) is 19.8. The predicted molar refractivity (Wildman–Crippen MR) is 76.1 cm³/mol. The summed E-state index contributed by atoms with van der Waals surface area (Å²) in [7, 11) is 0. The third kappa shape index (κ3) is 2.49. The summed E-state index contributed by atoms with van der Waals surface area (Å²) in [4.78, 5) is 2.38. The van der Waals surface area contributed by atoms with Gasteiger partial charge in [-0.25, -0.2) is 0 Å². The minimum Gasteiger partial charge on any atom is -0.392 e. The SMILES string of the molecule is OCc1ccc(N2CCC3(O)CCCCC3C2)cc1. The molecule has 1 saturated heterocycles. The van der Waals surface area contributed by atoms with Crippen LogP contribution in [-0.4, -0.2) is 28.9 Å². The Morgan fingerprint density at radius 2 is 1.95 bits per heavy atom. The first-order chi connectivity index (χ1) is 9.21. The van der Waals surface area contributed by atoms with E-state index in [1.165, 1.54) is 18.5 Å². The van der Waals surface area contributed by atoms with E-state index in [1.54, 1.807) is 0 Å². The van der Waals surface area contributed by atoms with Crippen LogP contribution in [0.25, 0.3) is 0 Å². The van der Waals surface area contributed by atoms with E-state index in [4.69, 9.17) is 5.11 Å². The average molecular weight is 261 g/mol. The van der Waals surface area contributed by atoms with Crippen molar-refractivity contribution in [1.29, 1.82) is 0 Å². The molecule has 1 aromatic rings. The number of benzene rings is 1. The van der Waals surface area contributed by atoms with Gasteiger partial charge < -0.3 is 15.1 Å². The molecule has 0 spiro atoms. The summed E-state index contributed by atoms with van der Waals surface area (Å²) in [5.74, 6) is 0.424. The van der Waals surface area contributed by atoms with Crippen LogP contribution in [0.15, 0.2) is 24.3 Å². The third-order valence-electron chi connectivity index (χ3n) is 4.91. The lowest BCUT2D eigenvalue weighted by Crippen LogP contribution is -2.53. The van der Waals surface area contributed by atoms with Gasteiger partial charge in [-0.15, -0.1) is 0 Å².